The van der Waals surface area contributed by atoms with Crippen LogP contribution in [0.15, 0.2) is 53.6 Å². The molecule has 0 aliphatic rings. The summed E-state index contributed by atoms with van der Waals surface area (Å²) in [4.78, 5) is 22.5. The SMILES string of the molecule is COc1ccccc1NCC(=O)N/N=C\c1ccccc1OCC(=O)O. The molecule has 2 rings (SSSR count). The fourth-order valence-corrected chi connectivity index (χ4v) is 2.04. The van der Waals surface area contributed by atoms with Gasteiger partial charge in [-0.15, -0.1) is 0 Å². The fraction of sp³-hybridized carbons (Fsp3) is 0.167. The number of carbonyl (C=O) groups is 2. The molecule has 0 saturated heterocycles. The number of ether oxygens (including phenoxy) is 2. The summed E-state index contributed by atoms with van der Waals surface area (Å²) in [6.45, 7) is -0.449. The second-order valence-electron chi connectivity index (χ2n) is 5.07. The van der Waals surface area contributed by atoms with Crippen molar-refractivity contribution in [2.75, 3.05) is 25.6 Å². The lowest BCUT2D eigenvalue weighted by molar-refractivity contribution is -0.139. The Morgan fingerprint density at radius 3 is 2.54 bits per heavy atom. The molecule has 0 atom stereocenters. The predicted octanol–water partition coefficient (Wildman–Crippen LogP) is 1.72. The van der Waals surface area contributed by atoms with Gasteiger partial charge in [-0.1, -0.05) is 24.3 Å². The first-order valence-electron chi connectivity index (χ1n) is 7.72. The second-order valence-corrected chi connectivity index (χ2v) is 5.07. The zero-order valence-electron chi connectivity index (χ0n) is 14.1. The van der Waals surface area contributed by atoms with Crippen LogP contribution in [-0.4, -0.2) is 43.5 Å². The van der Waals surface area contributed by atoms with E-state index in [-0.39, 0.29) is 12.5 Å². The maximum Gasteiger partial charge on any atom is 0.341 e. The summed E-state index contributed by atoms with van der Waals surface area (Å²) >= 11 is 0. The number of carboxylic acids is 1. The summed E-state index contributed by atoms with van der Waals surface area (Å²) in [5, 5.41) is 15.5. The van der Waals surface area contributed by atoms with Crippen LogP contribution in [0.4, 0.5) is 5.69 Å². The van der Waals surface area contributed by atoms with Crippen LogP contribution in [0.1, 0.15) is 5.56 Å². The van der Waals surface area contributed by atoms with Gasteiger partial charge < -0.3 is 19.9 Å². The van der Waals surface area contributed by atoms with Crippen LogP contribution in [0.3, 0.4) is 0 Å². The van der Waals surface area contributed by atoms with Gasteiger partial charge in [-0.2, -0.15) is 5.10 Å². The van der Waals surface area contributed by atoms with Crippen molar-refractivity contribution in [3.05, 3.63) is 54.1 Å². The molecule has 3 N–H and O–H groups in total. The van der Waals surface area contributed by atoms with Crippen molar-refractivity contribution >= 4 is 23.8 Å². The summed E-state index contributed by atoms with van der Waals surface area (Å²) in [5.41, 5.74) is 3.63. The minimum absolute atomic E-state index is 0.00880. The summed E-state index contributed by atoms with van der Waals surface area (Å²) < 4.78 is 10.3. The Bertz CT molecular complexity index is 792. The summed E-state index contributed by atoms with van der Waals surface area (Å²) in [6.07, 6.45) is 1.39. The zero-order chi connectivity index (χ0) is 18.8. The van der Waals surface area contributed by atoms with Gasteiger partial charge in [0.1, 0.15) is 11.5 Å². The number of rotatable bonds is 9. The third kappa shape index (κ3) is 5.82. The van der Waals surface area contributed by atoms with Crippen LogP contribution in [0.25, 0.3) is 0 Å². The van der Waals surface area contributed by atoms with E-state index in [1.165, 1.54) is 6.21 Å². The van der Waals surface area contributed by atoms with E-state index < -0.39 is 12.6 Å². The zero-order valence-corrected chi connectivity index (χ0v) is 14.1. The van der Waals surface area contributed by atoms with Gasteiger partial charge in [0, 0.05) is 5.56 Å². The third-order valence-corrected chi connectivity index (χ3v) is 3.21. The number of benzene rings is 2. The van der Waals surface area contributed by atoms with Crippen molar-refractivity contribution in [3.8, 4) is 11.5 Å². The number of carbonyl (C=O) groups excluding carboxylic acids is 1. The van der Waals surface area contributed by atoms with E-state index in [0.29, 0.717) is 22.7 Å². The number of hydrazone groups is 1. The molecule has 2 aromatic rings. The Labute approximate surface area is 150 Å². The first-order valence-corrected chi connectivity index (χ1v) is 7.72. The standard InChI is InChI=1S/C18H19N3O5/c1-25-16-9-5-3-7-14(16)19-11-17(22)21-20-10-13-6-2-4-8-15(13)26-12-18(23)24/h2-10,19H,11-12H2,1H3,(H,21,22)(H,23,24)/b20-10-. The van der Waals surface area contributed by atoms with Gasteiger partial charge in [0.2, 0.25) is 0 Å². The van der Waals surface area contributed by atoms with Gasteiger partial charge >= 0.3 is 5.97 Å². The molecule has 0 aliphatic carbocycles. The van der Waals surface area contributed by atoms with E-state index >= 15 is 0 Å². The van der Waals surface area contributed by atoms with Crippen molar-refractivity contribution in [3.63, 3.8) is 0 Å². The average Bonchev–Trinajstić information content (AvgIpc) is 2.65. The summed E-state index contributed by atoms with van der Waals surface area (Å²) in [7, 11) is 1.55. The molecule has 0 fully saturated rings. The lowest BCUT2D eigenvalue weighted by Gasteiger charge is -2.09. The Morgan fingerprint density at radius 1 is 1.12 bits per heavy atom. The Balaban J connectivity index is 1.88. The summed E-state index contributed by atoms with van der Waals surface area (Å²) in [5.74, 6) is -0.433. The molecule has 136 valence electrons. The molecule has 0 heterocycles. The smallest absolute Gasteiger partial charge is 0.341 e. The highest BCUT2D eigenvalue weighted by Crippen LogP contribution is 2.22. The van der Waals surface area contributed by atoms with Crippen molar-refractivity contribution in [2.24, 2.45) is 5.10 Å². The van der Waals surface area contributed by atoms with Gasteiger partial charge in [-0.3, -0.25) is 4.79 Å². The number of nitrogens with zero attached hydrogens (tertiary/aromatic N) is 1. The topological polar surface area (TPSA) is 109 Å². The molecule has 0 bridgehead atoms. The van der Waals surface area contributed by atoms with E-state index in [1.807, 2.05) is 12.1 Å². The Morgan fingerprint density at radius 2 is 1.81 bits per heavy atom. The second kappa shape index (κ2) is 9.67. The Hall–Kier alpha value is -3.55. The van der Waals surface area contributed by atoms with E-state index in [4.69, 9.17) is 14.6 Å². The van der Waals surface area contributed by atoms with Crippen molar-refractivity contribution in [2.45, 2.75) is 0 Å². The maximum absolute atomic E-state index is 11.9. The third-order valence-electron chi connectivity index (χ3n) is 3.21. The molecule has 0 aliphatic heterocycles. The van der Waals surface area contributed by atoms with Gasteiger partial charge in [-0.05, 0) is 24.3 Å². The van der Waals surface area contributed by atoms with Gasteiger partial charge in [0.15, 0.2) is 6.61 Å². The van der Waals surface area contributed by atoms with Crippen molar-refractivity contribution in [1.82, 2.24) is 5.43 Å². The molecule has 26 heavy (non-hydrogen) atoms. The number of methoxy groups -OCH3 is 1. The quantitative estimate of drug-likeness (QED) is 0.466. The molecule has 8 nitrogen and oxygen atoms in total. The molecule has 1 amide bonds. The highest BCUT2D eigenvalue weighted by Gasteiger charge is 2.05. The highest BCUT2D eigenvalue weighted by molar-refractivity contribution is 5.86. The molecule has 0 unspecified atom stereocenters. The number of amides is 1. The molecular formula is C18H19N3O5. The summed E-state index contributed by atoms with van der Waals surface area (Å²) in [6, 6.07) is 14.0. The van der Waals surface area contributed by atoms with Crippen molar-refractivity contribution < 1.29 is 24.2 Å². The lowest BCUT2D eigenvalue weighted by atomic mass is 10.2. The van der Waals surface area contributed by atoms with Gasteiger partial charge in [-0.25, -0.2) is 10.2 Å². The molecule has 0 aromatic heterocycles. The van der Waals surface area contributed by atoms with E-state index in [0.717, 1.165) is 0 Å². The minimum Gasteiger partial charge on any atom is -0.495 e. The van der Waals surface area contributed by atoms with Crippen LogP contribution >= 0.6 is 0 Å². The van der Waals surface area contributed by atoms with Crippen LogP contribution < -0.4 is 20.2 Å². The Kier molecular flexibility index (Phi) is 6.99. The molecule has 2 aromatic carbocycles. The number of para-hydroxylation sites is 3. The predicted molar refractivity (Wildman–Crippen MR) is 96.8 cm³/mol. The highest BCUT2D eigenvalue weighted by atomic mass is 16.5. The van der Waals surface area contributed by atoms with Gasteiger partial charge in [0.05, 0.1) is 25.6 Å². The van der Waals surface area contributed by atoms with E-state index in [1.54, 1.807) is 43.5 Å². The molecule has 8 heteroatoms. The number of hydrogen-bond donors (Lipinski definition) is 3. The minimum atomic E-state index is -1.08. The van der Waals surface area contributed by atoms with E-state index in [9.17, 15) is 9.59 Å². The first-order chi connectivity index (χ1) is 12.6. The number of anilines is 1. The van der Waals surface area contributed by atoms with Gasteiger partial charge in [0.25, 0.3) is 5.91 Å². The van der Waals surface area contributed by atoms with Crippen molar-refractivity contribution in [1.29, 1.82) is 0 Å². The van der Waals surface area contributed by atoms with E-state index in [2.05, 4.69) is 15.8 Å². The number of hydrogen-bond acceptors (Lipinski definition) is 6. The van der Waals surface area contributed by atoms with Crippen LogP contribution in [0, 0.1) is 0 Å². The average molecular weight is 357 g/mol. The monoisotopic (exact) mass is 357 g/mol. The first kappa shape index (κ1) is 18.8. The van der Waals surface area contributed by atoms with Crippen LogP contribution in [0.2, 0.25) is 0 Å². The lowest BCUT2D eigenvalue weighted by Crippen LogP contribution is -2.26. The van der Waals surface area contributed by atoms with Crippen LogP contribution in [-0.2, 0) is 9.59 Å². The fourth-order valence-electron chi connectivity index (χ4n) is 2.04. The normalized spacial score (nSPS) is 10.3. The molecule has 0 radical (unpaired) electrons. The molecule has 0 saturated carbocycles. The number of aliphatic carboxylic acids is 1. The number of carboxylic acid groups (broad SMARTS) is 1. The van der Waals surface area contributed by atoms with Crippen LogP contribution in [0.5, 0.6) is 11.5 Å². The number of nitrogens with one attached hydrogen (secondary N) is 2. The maximum atomic E-state index is 11.9. The molecule has 0 spiro atoms. The largest absolute Gasteiger partial charge is 0.495 e. The molecular weight excluding hydrogens is 338 g/mol.